The molecule has 0 fully saturated rings. The summed E-state index contributed by atoms with van der Waals surface area (Å²) in [5.41, 5.74) is 0.761. The van der Waals surface area contributed by atoms with Crippen LogP contribution in [-0.4, -0.2) is 22.0 Å². The highest BCUT2D eigenvalue weighted by molar-refractivity contribution is 7.23. The van der Waals surface area contributed by atoms with Gasteiger partial charge in [-0.1, -0.05) is 17.4 Å². The Kier molecular flexibility index (Phi) is 3.33. The smallest absolute Gasteiger partial charge is 0.261 e. The average Bonchev–Trinajstić information content (AvgIpc) is 3.04. The number of hydrogen-bond acceptors (Lipinski definition) is 8. The lowest BCUT2D eigenvalue weighted by atomic mass is 10.00. The number of hydrogen-bond donors (Lipinski definition) is 3. The van der Waals surface area contributed by atoms with Gasteiger partial charge in [-0.05, 0) is 6.07 Å². The Morgan fingerprint density at radius 1 is 1.48 bits per heavy atom. The van der Waals surface area contributed by atoms with E-state index in [-0.39, 0.29) is 22.1 Å². The first-order valence-corrected chi connectivity index (χ1v) is 8.02. The maximum absolute atomic E-state index is 12.7. The van der Waals surface area contributed by atoms with Crippen molar-refractivity contribution in [3.63, 3.8) is 0 Å². The molecule has 0 radical (unpaired) electrons. The fraction of sp³-hybridized carbons (Fsp3) is 0.0625. The molecule has 4 aromatic rings. The number of thiazole rings is 1. The molecule has 8 nitrogen and oxygen atoms in total. The number of aromatic nitrogens is 3. The Balaban J connectivity index is 2.29. The van der Waals surface area contributed by atoms with Gasteiger partial charge in [-0.3, -0.25) is 15.2 Å². The lowest BCUT2D eigenvalue weighted by molar-refractivity contribution is 0.534. The lowest BCUT2D eigenvalue weighted by Gasteiger charge is -2.07. The molecule has 0 unspecified atom stereocenters. The van der Waals surface area contributed by atoms with E-state index in [9.17, 15) is 10.1 Å². The molecule has 0 spiro atoms. The molecule has 9 heteroatoms. The molecule has 0 aromatic carbocycles. The van der Waals surface area contributed by atoms with E-state index in [1.165, 1.54) is 11.3 Å². The van der Waals surface area contributed by atoms with Crippen molar-refractivity contribution in [3.8, 4) is 17.2 Å². The Morgan fingerprint density at radius 2 is 2.32 bits per heavy atom. The van der Waals surface area contributed by atoms with E-state index in [1.54, 1.807) is 31.6 Å². The third-order valence-electron chi connectivity index (χ3n) is 3.73. The summed E-state index contributed by atoms with van der Waals surface area (Å²) in [6.07, 6.45) is 3.14. The van der Waals surface area contributed by atoms with Crippen LogP contribution in [0.4, 0.5) is 5.13 Å². The Bertz CT molecular complexity index is 1280. The van der Waals surface area contributed by atoms with E-state index in [1.807, 2.05) is 6.07 Å². The van der Waals surface area contributed by atoms with Gasteiger partial charge in [-0.15, -0.1) is 0 Å². The van der Waals surface area contributed by atoms with Crippen LogP contribution in [0.3, 0.4) is 0 Å². The molecule has 0 aliphatic carbocycles. The number of rotatable bonds is 2. The van der Waals surface area contributed by atoms with E-state index in [2.05, 4.69) is 20.3 Å². The minimum atomic E-state index is -0.436. The Morgan fingerprint density at radius 3 is 3.00 bits per heavy atom. The minimum Gasteiger partial charge on any atom is -0.436 e. The number of anilines is 1. The summed E-state index contributed by atoms with van der Waals surface area (Å²) in [5, 5.41) is 21.3. The highest BCUT2D eigenvalue weighted by atomic mass is 32.1. The summed E-state index contributed by atoms with van der Waals surface area (Å²) in [6.45, 7) is 0. The molecule has 0 saturated carbocycles. The third-order valence-corrected chi connectivity index (χ3v) is 4.80. The Labute approximate surface area is 143 Å². The third kappa shape index (κ3) is 2.20. The molecule has 0 aliphatic rings. The van der Waals surface area contributed by atoms with Crippen LogP contribution in [0.2, 0.25) is 0 Å². The molecule has 25 heavy (non-hydrogen) atoms. The fourth-order valence-corrected chi connectivity index (χ4v) is 3.54. The number of H-pyrrole nitrogens is 1. The number of nitrogens with one attached hydrogen (secondary N) is 3. The predicted octanol–water partition coefficient (Wildman–Crippen LogP) is 2.19. The van der Waals surface area contributed by atoms with Gasteiger partial charge in [0.1, 0.15) is 16.3 Å². The summed E-state index contributed by atoms with van der Waals surface area (Å²) < 4.78 is 6.14. The van der Waals surface area contributed by atoms with Gasteiger partial charge >= 0.3 is 0 Å². The molecule has 122 valence electrons. The van der Waals surface area contributed by atoms with Crippen LogP contribution in [0.25, 0.3) is 32.4 Å². The lowest BCUT2D eigenvalue weighted by Crippen LogP contribution is -2.14. The molecule has 0 aliphatic heterocycles. The van der Waals surface area contributed by atoms with E-state index >= 15 is 0 Å². The minimum absolute atomic E-state index is 0.0105. The van der Waals surface area contributed by atoms with Crippen molar-refractivity contribution in [3.05, 3.63) is 46.0 Å². The van der Waals surface area contributed by atoms with Crippen molar-refractivity contribution in [1.82, 2.24) is 15.0 Å². The number of nitriles is 1. The van der Waals surface area contributed by atoms with Crippen LogP contribution in [0.5, 0.6) is 0 Å². The second-order valence-corrected chi connectivity index (χ2v) is 6.14. The second-order valence-electron chi connectivity index (χ2n) is 5.14. The van der Waals surface area contributed by atoms with Gasteiger partial charge in [0.15, 0.2) is 16.4 Å². The largest absolute Gasteiger partial charge is 0.436 e. The van der Waals surface area contributed by atoms with E-state index in [4.69, 9.17) is 9.83 Å². The van der Waals surface area contributed by atoms with Crippen molar-refractivity contribution in [2.45, 2.75) is 0 Å². The van der Waals surface area contributed by atoms with Crippen LogP contribution in [0, 0.1) is 16.7 Å². The predicted molar refractivity (Wildman–Crippen MR) is 93.4 cm³/mol. The molecule has 0 amide bonds. The molecular formula is C16H10N6O2S. The van der Waals surface area contributed by atoms with E-state index < -0.39 is 5.56 Å². The van der Waals surface area contributed by atoms with Gasteiger partial charge in [0.05, 0.1) is 5.39 Å². The average molecular weight is 350 g/mol. The molecule has 4 rings (SSSR count). The van der Waals surface area contributed by atoms with Crippen LogP contribution < -0.4 is 16.4 Å². The summed E-state index contributed by atoms with van der Waals surface area (Å²) in [6, 6.07) is 5.40. The van der Waals surface area contributed by atoms with E-state index in [0.717, 1.165) is 0 Å². The zero-order valence-electron chi connectivity index (χ0n) is 12.9. The van der Waals surface area contributed by atoms with Gasteiger partial charge in [-0.25, -0.2) is 4.98 Å². The molecule has 4 aromatic heterocycles. The molecule has 0 atom stereocenters. The van der Waals surface area contributed by atoms with E-state index in [0.29, 0.717) is 26.6 Å². The highest BCUT2D eigenvalue weighted by Crippen LogP contribution is 2.34. The SMILES string of the molecule is CNc1nc2[nH]c(=O)c3c(-c4cccnc4)c(C#N)c(=N)oc3c2s1. The standard InChI is InChI=1S/C16H10N6O2S/c1-19-16-22-14-12(25-16)11-10(15(23)21-14)9(7-3-2-4-20-6-7)8(5-17)13(18)24-11/h2-4,6,18H,1H3,(H2,19,21,22,23). The summed E-state index contributed by atoms with van der Waals surface area (Å²) in [5.74, 6) is 0. The first kappa shape index (κ1) is 15.0. The highest BCUT2D eigenvalue weighted by Gasteiger charge is 2.21. The second kappa shape index (κ2) is 5.54. The van der Waals surface area contributed by atoms with Gasteiger partial charge in [-0.2, -0.15) is 5.26 Å². The van der Waals surface area contributed by atoms with Crippen LogP contribution >= 0.6 is 11.3 Å². The first-order valence-electron chi connectivity index (χ1n) is 7.20. The van der Waals surface area contributed by atoms with Crippen molar-refractivity contribution < 1.29 is 4.42 Å². The quantitative estimate of drug-likeness (QED) is 0.508. The zero-order chi connectivity index (χ0) is 17.6. The molecule has 4 heterocycles. The fourth-order valence-electron chi connectivity index (χ4n) is 2.67. The van der Waals surface area contributed by atoms with Gasteiger partial charge < -0.3 is 14.7 Å². The summed E-state index contributed by atoms with van der Waals surface area (Å²) in [4.78, 5) is 23.7. The number of fused-ring (bicyclic) bond motifs is 3. The van der Waals surface area contributed by atoms with Crippen molar-refractivity contribution >= 4 is 37.8 Å². The van der Waals surface area contributed by atoms with Crippen LogP contribution in [-0.2, 0) is 0 Å². The van der Waals surface area contributed by atoms with Gasteiger partial charge in [0.25, 0.3) is 5.56 Å². The maximum atomic E-state index is 12.7. The van der Waals surface area contributed by atoms with Crippen LogP contribution in [0.15, 0.2) is 33.7 Å². The van der Waals surface area contributed by atoms with Crippen molar-refractivity contribution in [1.29, 1.82) is 10.7 Å². The topological polar surface area (TPSA) is 131 Å². The molecule has 0 bridgehead atoms. The van der Waals surface area contributed by atoms with Gasteiger partial charge in [0.2, 0.25) is 5.55 Å². The maximum Gasteiger partial charge on any atom is 0.261 e. The van der Waals surface area contributed by atoms with Crippen molar-refractivity contribution in [2.75, 3.05) is 12.4 Å². The summed E-state index contributed by atoms with van der Waals surface area (Å²) in [7, 11) is 1.72. The molecular weight excluding hydrogens is 340 g/mol. The number of aromatic amines is 1. The van der Waals surface area contributed by atoms with Crippen molar-refractivity contribution in [2.24, 2.45) is 0 Å². The van der Waals surface area contributed by atoms with Gasteiger partial charge in [0, 0.05) is 30.6 Å². The van der Waals surface area contributed by atoms with Crippen LogP contribution in [0.1, 0.15) is 5.56 Å². The number of pyridine rings is 2. The molecule has 3 N–H and O–H groups in total. The Hall–Kier alpha value is -3.51. The molecule has 0 saturated heterocycles. The normalized spacial score (nSPS) is 10.9. The summed E-state index contributed by atoms with van der Waals surface area (Å²) >= 11 is 1.29. The first-order chi connectivity index (χ1) is 12.1. The number of nitrogens with zero attached hydrogens (tertiary/aromatic N) is 3. The monoisotopic (exact) mass is 350 g/mol. The zero-order valence-corrected chi connectivity index (χ0v) is 13.7.